The molecular formula is C31H57NO4SSi2. The second-order valence-corrected chi connectivity index (χ2v) is 24.7. The van der Waals surface area contributed by atoms with Crippen molar-refractivity contribution in [1.82, 2.24) is 4.98 Å². The SMILES string of the molecule is COC(=O)C(=CC[C@H](O[Si](C)(C)C(C)(C)C)/C(C)=C/c1csc(C)n1)CCC[C@H](C)CO[Si](C)(C)C(C)(C)C. The predicted molar refractivity (Wildman–Crippen MR) is 173 cm³/mol. The van der Waals surface area contributed by atoms with Crippen LogP contribution < -0.4 is 0 Å². The van der Waals surface area contributed by atoms with Gasteiger partial charge in [-0.25, -0.2) is 9.78 Å². The van der Waals surface area contributed by atoms with E-state index >= 15 is 0 Å². The Labute approximate surface area is 246 Å². The molecule has 0 amide bonds. The van der Waals surface area contributed by atoms with Crippen LogP contribution in [-0.4, -0.2) is 47.4 Å². The molecular weight excluding hydrogens is 539 g/mol. The zero-order chi connectivity index (χ0) is 30.2. The molecule has 1 heterocycles. The van der Waals surface area contributed by atoms with Crippen LogP contribution in [0.3, 0.4) is 0 Å². The minimum absolute atomic E-state index is 0.0836. The summed E-state index contributed by atoms with van der Waals surface area (Å²) in [5, 5.41) is 3.42. The molecule has 0 fully saturated rings. The number of ether oxygens (including phenoxy) is 1. The summed E-state index contributed by atoms with van der Waals surface area (Å²) in [6.45, 7) is 29.9. The molecule has 1 aromatic rings. The van der Waals surface area contributed by atoms with Gasteiger partial charge >= 0.3 is 5.97 Å². The van der Waals surface area contributed by atoms with Gasteiger partial charge in [0.1, 0.15) is 0 Å². The van der Waals surface area contributed by atoms with Gasteiger partial charge in [0.05, 0.1) is 23.9 Å². The average Bonchev–Trinajstić information content (AvgIpc) is 3.21. The topological polar surface area (TPSA) is 57.7 Å². The molecule has 0 aliphatic heterocycles. The molecule has 39 heavy (non-hydrogen) atoms. The highest BCUT2D eigenvalue weighted by atomic mass is 32.1. The predicted octanol–water partition coefficient (Wildman–Crippen LogP) is 9.56. The fourth-order valence-electron chi connectivity index (χ4n) is 3.59. The maximum Gasteiger partial charge on any atom is 0.333 e. The Balaban J connectivity index is 3.02. The first-order valence-corrected chi connectivity index (χ1v) is 21.1. The van der Waals surface area contributed by atoms with Crippen LogP contribution in [0.15, 0.2) is 22.6 Å². The lowest BCUT2D eigenvalue weighted by Gasteiger charge is -2.39. The first kappa shape index (κ1) is 36.0. The quantitative estimate of drug-likeness (QED) is 0.122. The van der Waals surface area contributed by atoms with Crippen molar-refractivity contribution in [2.75, 3.05) is 13.7 Å². The molecule has 1 aromatic heterocycles. The van der Waals surface area contributed by atoms with Gasteiger partial charge in [0.25, 0.3) is 0 Å². The summed E-state index contributed by atoms with van der Waals surface area (Å²) in [7, 11) is -2.33. The van der Waals surface area contributed by atoms with E-state index < -0.39 is 16.6 Å². The van der Waals surface area contributed by atoms with Crippen molar-refractivity contribution in [3.05, 3.63) is 33.3 Å². The first-order chi connectivity index (χ1) is 17.7. The van der Waals surface area contributed by atoms with Crippen molar-refractivity contribution in [3.8, 4) is 0 Å². The standard InChI is InChI=1S/C31H57NO4SSi2/c1-23(21-35-38(11,12)30(4,5)6)16-15-17-26(29(33)34-10)18-19-28(36-39(13,14)31(7,8)9)24(2)20-27-22-37-25(3)32-27/h18,20,22-23,28H,15-17,19,21H2,1-14H3/b24-20+,26-18?/t23-,28-/m0/s1. The summed E-state index contributed by atoms with van der Waals surface area (Å²) in [6, 6.07) is 0. The van der Waals surface area contributed by atoms with Gasteiger partial charge in [-0.1, -0.05) is 54.5 Å². The number of nitrogens with zero attached hydrogens (tertiary/aromatic N) is 1. The molecule has 0 bridgehead atoms. The van der Waals surface area contributed by atoms with Crippen molar-refractivity contribution < 1.29 is 18.4 Å². The van der Waals surface area contributed by atoms with Crippen LogP contribution in [0.1, 0.15) is 91.8 Å². The maximum absolute atomic E-state index is 12.7. The lowest BCUT2D eigenvalue weighted by molar-refractivity contribution is -0.136. The molecule has 0 radical (unpaired) electrons. The van der Waals surface area contributed by atoms with Crippen molar-refractivity contribution in [3.63, 3.8) is 0 Å². The van der Waals surface area contributed by atoms with Crippen LogP contribution in [0.25, 0.3) is 6.08 Å². The van der Waals surface area contributed by atoms with Gasteiger partial charge in [0, 0.05) is 17.6 Å². The van der Waals surface area contributed by atoms with Gasteiger partial charge in [-0.3, -0.25) is 0 Å². The number of carbonyl (C=O) groups excluding carboxylic acids is 1. The summed E-state index contributed by atoms with van der Waals surface area (Å²) in [4.78, 5) is 17.3. The summed E-state index contributed by atoms with van der Waals surface area (Å²) in [5.41, 5.74) is 2.82. The van der Waals surface area contributed by atoms with E-state index in [-0.39, 0.29) is 22.1 Å². The highest BCUT2D eigenvalue weighted by Crippen LogP contribution is 2.39. The van der Waals surface area contributed by atoms with E-state index in [0.717, 1.165) is 41.3 Å². The Kier molecular flexibility index (Phi) is 13.6. The molecule has 2 atom stereocenters. The molecule has 5 nitrogen and oxygen atoms in total. The summed E-state index contributed by atoms with van der Waals surface area (Å²) < 4.78 is 18.5. The Morgan fingerprint density at radius 3 is 2.15 bits per heavy atom. The van der Waals surface area contributed by atoms with Crippen LogP contribution in [0.2, 0.25) is 36.3 Å². The molecule has 224 valence electrons. The van der Waals surface area contributed by atoms with E-state index in [2.05, 4.69) is 98.0 Å². The zero-order valence-electron chi connectivity index (χ0n) is 27.4. The van der Waals surface area contributed by atoms with Gasteiger partial charge in [-0.15, -0.1) is 11.3 Å². The molecule has 0 spiro atoms. The third kappa shape index (κ3) is 11.8. The number of methoxy groups -OCH3 is 1. The van der Waals surface area contributed by atoms with Gasteiger partial charge < -0.3 is 13.6 Å². The number of aryl methyl sites for hydroxylation is 1. The molecule has 0 aliphatic rings. The van der Waals surface area contributed by atoms with E-state index in [1.807, 2.05) is 13.0 Å². The molecule has 0 saturated carbocycles. The Hall–Kier alpha value is -1.07. The number of rotatable bonds is 14. The van der Waals surface area contributed by atoms with Gasteiger partial charge in [0.15, 0.2) is 16.6 Å². The van der Waals surface area contributed by atoms with Gasteiger partial charge in [-0.2, -0.15) is 0 Å². The molecule has 1 rings (SSSR count). The van der Waals surface area contributed by atoms with E-state index in [1.165, 1.54) is 7.11 Å². The molecule has 8 heteroatoms. The Bertz CT molecular complexity index is 983. The van der Waals surface area contributed by atoms with Gasteiger partial charge in [-0.05, 0) is 93.4 Å². The minimum atomic E-state index is -2.04. The zero-order valence-corrected chi connectivity index (χ0v) is 30.2. The first-order valence-electron chi connectivity index (χ1n) is 14.4. The molecule has 0 saturated heterocycles. The Morgan fingerprint density at radius 1 is 1.08 bits per heavy atom. The molecule has 0 N–H and O–H groups in total. The molecule has 0 aromatic carbocycles. The summed E-state index contributed by atoms with van der Waals surface area (Å²) in [5.74, 6) is 0.197. The maximum atomic E-state index is 12.7. The number of aromatic nitrogens is 1. The van der Waals surface area contributed by atoms with Crippen LogP contribution in [-0.2, 0) is 18.4 Å². The third-order valence-electron chi connectivity index (χ3n) is 8.47. The molecule has 0 aliphatic carbocycles. The van der Waals surface area contributed by atoms with Crippen molar-refractivity contribution in [2.24, 2.45) is 5.92 Å². The third-order valence-corrected chi connectivity index (χ3v) is 18.2. The summed E-state index contributed by atoms with van der Waals surface area (Å²) in [6.07, 6.45) is 7.30. The number of carbonyl (C=O) groups is 1. The van der Waals surface area contributed by atoms with Crippen molar-refractivity contribution >= 4 is 40.0 Å². The smallest absolute Gasteiger partial charge is 0.333 e. The summed E-state index contributed by atoms with van der Waals surface area (Å²) >= 11 is 1.65. The van der Waals surface area contributed by atoms with E-state index in [1.54, 1.807) is 11.3 Å². The Morgan fingerprint density at radius 2 is 1.67 bits per heavy atom. The number of hydrogen-bond acceptors (Lipinski definition) is 6. The van der Waals surface area contributed by atoms with E-state index in [9.17, 15) is 4.79 Å². The van der Waals surface area contributed by atoms with Crippen LogP contribution in [0, 0.1) is 12.8 Å². The second-order valence-electron chi connectivity index (χ2n) is 14.1. The van der Waals surface area contributed by atoms with E-state index in [0.29, 0.717) is 18.8 Å². The van der Waals surface area contributed by atoms with Crippen LogP contribution >= 0.6 is 11.3 Å². The second kappa shape index (κ2) is 14.7. The minimum Gasteiger partial charge on any atom is -0.466 e. The highest BCUT2D eigenvalue weighted by molar-refractivity contribution is 7.09. The number of esters is 1. The number of thiazole rings is 1. The lowest BCUT2D eigenvalue weighted by atomic mass is 9.99. The van der Waals surface area contributed by atoms with Crippen LogP contribution in [0.4, 0.5) is 0 Å². The fraction of sp³-hybridized carbons (Fsp3) is 0.742. The number of hydrogen-bond donors (Lipinski definition) is 0. The normalized spacial score (nSPS) is 15.8. The van der Waals surface area contributed by atoms with E-state index in [4.69, 9.17) is 13.6 Å². The highest BCUT2D eigenvalue weighted by Gasteiger charge is 2.39. The van der Waals surface area contributed by atoms with Crippen LogP contribution in [0.5, 0.6) is 0 Å². The lowest BCUT2D eigenvalue weighted by Crippen LogP contribution is -2.44. The van der Waals surface area contributed by atoms with Crippen molar-refractivity contribution in [1.29, 1.82) is 0 Å². The fourth-order valence-corrected chi connectivity index (χ4v) is 6.64. The van der Waals surface area contributed by atoms with Gasteiger partial charge in [0.2, 0.25) is 0 Å². The molecule has 0 unspecified atom stereocenters. The largest absolute Gasteiger partial charge is 0.466 e. The van der Waals surface area contributed by atoms with Crippen molar-refractivity contribution in [2.45, 2.75) is 130 Å². The monoisotopic (exact) mass is 595 g/mol. The average molecular weight is 596 g/mol.